The topological polar surface area (TPSA) is 82.7 Å². The quantitative estimate of drug-likeness (QED) is 0.732. The highest BCUT2D eigenvalue weighted by Crippen LogP contribution is 2.24. The molecule has 1 N–H and O–H groups in total. The largest absolute Gasteiger partial charge is 0.466 e. The first kappa shape index (κ1) is 21.8. The molecule has 2 heterocycles. The maximum atomic E-state index is 13.6. The Morgan fingerprint density at radius 1 is 1.33 bits per heavy atom. The highest BCUT2D eigenvalue weighted by Gasteiger charge is 2.30. The second-order valence-electron chi connectivity index (χ2n) is 7.78. The van der Waals surface area contributed by atoms with E-state index in [2.05, 4.69) is 4.98 Å². The van der Waals surface area contributed by atoms with Gasteiger partial charge in [0.2, 0.25) is 11.8 Å². The Morgan fingerprint density at radius 2 is 2.10 bits per heavy atom. The first-order valence-corrected chi connectivity index (χ1v) is 10.2. The number of aromatic amines is 1. The van der Waals surface area contributed by atoms with Crippen LogP contribution in [0.25, 0.3) is 10.9 Å². The third-order valence-electron chi connectivity index (χ3n) is 5.60. The van der Waals surface area contributed by atoms with E-state index < -0.39 is 0 Å². The summed E-state index contributed by atoms with van der Waals surface area (Å²) < 4.78 is 18.7. The van der Waals surface area contributed by atoms with E-state index in [0.29, 0.717) is 31.5 Å². The SMILES string of the molecule is CCOC(=O)C1CCCN(C(=O)CN(C)C(=O)Cc2c(C)[nH]c3ccc(F)cc23)C1. The van der Waals surface area contributed by atoms with Crippen molar-refractivity contribution < 1.29 is 23.5 Å². The fourth-order valence-corrected chi connectivity index (χ4v) is 3.92. The number of aryl methyl sites for hydroxylation is 1. The number of amides is 2. The van der Waals surface area contributed by atoms with Crippen molar-refractivity contribution in [3.8, 4) is 0 Å². The molecule has 3 rings (SSSR count). The van der Waals surface area contributed by atoms with E-state index in [1.54, 1.807) is 24.9 Å². The Hall–Kier alpha value is -2.90. The number of H-pyrrole nitrogens is 1. The maximum Gasteiger partial charge on any atom is 0.310 e. The first-order chi connectivity index (χ1) is 14.3. The molecule has 0 aliphatic carbocycles. The number of hydrogen-bond acceptors (Lipinski definition) is 4. The van der Waals surface area contributed by atoms with Crippen molar-refractivity contribution in [1.82, 2.24) is 14.8 Å². The van der Waals surface area contributed by atoms with E-state index >= 15 is 0 Å². The molecular weight excluding hydrogens is 389 g/mol. The highest BCUT2D eigenvalue weighted by atomic mass is 19.1. The number of rotatable bonds is 6. The zero-order chi connectivity index (χ0) is 21.8. The molecule has 1 aromatic carbocycles. The van der Waals surface area contributed by atoms with Crippen LogP contribution in [0.2, 0.25) is 0 Å². The Labute approximate surface area is 175 Å². The van der Waals surface area contributed by atoms with Gasteiger partial charge in [0.15, 0.2) is 0 Å². The third-order valence-corrected chi connectivity index (χ3v) is 5.60. The number of hydrogen-bond donors (Lipinski definition) is 1. The van der Waals surface area contributed by atoms with Crippen LogP contribution in [0.1, 0.15) is 31.0 Å². The van der Waals surface area contributed by atoms with E-state index in [9.17, 15) is 18.8 Å². The lowest BCUT2D eigenvalue weighted by Gasteiger charge is -2.32. The molecule has 1 fully saturated rings. The van der Waals surface area contributed by atoms with Gasteiger partial charge in [0, 0.05) is 36.7 Å². The van der Waals surface area contributed by atoms with Crippen molar-refractivity contribution in [2.75, 3.05) is 33.3 Å². The molecule has 0 saturated carbocycles. The van der Waals surface area contributed by atoms with E-state index in [-0.39, 0.29) is 42.5 Å². The van der Waals surface area contributed by atoms with E-state index in [1.165, 1.54) is 17.0 Å². The van der Waals surface area contributed by atoms with Crippen LogP contribution in [-0.2, 0) is 25.5 Å². The molecule has 0 radical (unpaired) electrons. The monoisotopic (exact) mass is 417 g/mol. The summed E-state index contributed by atoms with van der Waals surface area (Å²) in [5.74, 6) is -1.37. The second kappa shape index (κ2) is 9.28. The van der Waals surface area contributed by atoms with Gasteiger partial charge in [0.05, 0.1) is 25.5 Å². The highest BCUT2D eigenvalue weighted by molar-refractivity contribution is 5.91. The van der Waals surface area contributed by atoms with Gasteiger partial charge in [-0.25, -0.2) is 4.39 Å². The zero-order valence-electron chi connectivity index (χ0n) is 17.7. The number of fused-ring (bicyclic) bond motifs is 1. The standard InChI is InChI=1S/C22H28FN3O4/c1-4-30-22(29)15-6-5-9-26(12-15)21(28)13-25(3)20(27)11-17-14(2)24-19-8-7-16(23)10-18(17)19/h7-8,10,15,24H,4-6,9,11-13H2,1-3H3. The zero-order valence-corrected chi connectivity index (χ0v) is 17.7. The van der Waals surface area contributed by atoms with Gasteiger partial charge in [0.25, 0.3) is 0 Å². The second-order valence-corrected chi connectivity index (χ2v) is 7.78. The van der Waals surface area contributed by atoms with Gasteiger partial charge >= 0.3 is 5.97 Å². The van der Waals surface area contributed by atoms with E-state index in [1.807, 2.05) is 6.92 Å². The van der Waals surface area contributed by atoms with Crippen molar-refractivity contribution in [1.29, 1.82) is 0 Å². The lowest BCUT2D eigenvalue weighted by atomic mass is 9.98. The number of likely N-dealkylation sites (tertiary alicyclic amines) is 1. The molecule has 30 heavy (non-hydrogen) atoms. The van der Waals surface area contributed by atoms with Crippen LogP contribution in [0.15, 0.2) is 18.2 Å². The molecule has 1 atom stereocenters. The number of ether oxygens (including phenoxy) is 1. The predicted molar refractivity (Wildman–Crippen MR) is 110 cm³/mol. The average Bonchev–Trinajstić information content (AvgIpc) is 3.02. The summed E-state index contributed by atoms with van der Waals surface area (Å²) in [6, 6.07) is 4.43. The molecule has 1 aliphatic heterocycles. The number of piperidine rings is 1. The molecule has 0 bridgehead atoms. The average molecular weight is 417 g/mol. The molecular formula is C22H28FN3O4. The number of benzene rings is 1. The first-order valence-electron chi connectivity index (χ1n) is 10.2. The lowest BCUT2D eigenvalue weighted by molar-refractivity contribution is -0.152. The normalized spacial score (nSPS) is 16.5. The van der Waals surface area contributed by atoms with E-state index in [0.717, 1.165) is 23.2 Å². The molecule has 7 nitrogen and oxygen atoms in total. The van der Waals surface area contributed by atoms with E-state index in [4.69, 9.17) is 4.74 Å². The molecule has 162 valence electrons. The minimum absolute atomic E-state index is 0.0653. The fraction of sp³-hybridized carbons (Fsp3) is 0.500. The Balaban J connectivity index is 1.62. The third kappa shape index (κ3) is 4.80. The molecule has 2 aromatic rings. The summed E-state index contributed by atoms with van der Waals surface area (Å²) in [5, 5.41) is 0.675. The number of aromatic nitrogens is 1. The summed E-state index contributed by atoms with van der Waals surface area (Å²) in [7, 11) is 1.58. The lowest BCUT2D eigenvalue weighted by Crippen LogP contribution is -2.47. The summed E-state index contributed by atoms with van der Waals surface area (Å²) in [5.41, 5.74) is 2.31. The van der Waals surface area contributed by atoms with Crippen molar-refractivity contribution in [2.24, 2.45) is 5.92 Å². The van der Waals surface area contributed by atoms with Gasteiger partial charge in [-0.05, 0) is 50.5 Å². The van der Waals surface area contributed by atoms with Crippen LogP contribution in [0.4, 0.5) is 4.39 Å². The maximum absolute atomic E-state index is 13.6. The number of halogens is 1. The van der Waals surface area contributed by atoms with Gasteiger partial charge in [-0.1, -0.05) is 0 Å². The smallest absolute Gasteiger partial charge is 0.310 e. The molecule has 1 unspecified atom stereocenters. The Bertz CT molecular complexity index is 955. The van der Waals surface area contributed by atoms with Crippen LogP contribution >= 0.6 is 0 Å². The summed E-state index contributed by atoms with van der Waals surface area (Å²) >= 11 is 0. The summed E-state index contributed by atoms with van der Waals surface area (Å²) in [4.78, 5) is 43.6. The van der Waals surface area contributed by atoms with Crippen LogP contribution in [-0.4, -0.2) is 65.9 Å². The number of carbonyl (C=O) groups excluding carboxylic acids is 3. The van der Waals surface area contributed by atoms with Crippen LogP contribution in [0.5, 0.6) is 0 Å². The number of carbonyl (C=O) groups is 3. The van der Waals surface area contributed by atoms with Gasteiger partial charge in [-0.2, -0.15) is 0 Å². The minimum Gasteiger partial charge on any atom is -0.466 e. The predicted octanol–water partition coefficient (Wildman–Crippen LogP) is 2.42. The van der Waals surface area contributed by atoms with Crippen LogP contribution in [0.3, 0.4) is 0 Å². The van der Waals surface area contributed by atoms with Gasteiger partial charge in [0.1, 0.15) is 5.82 Å². The molecule has 2 amide bonds. The number of likely N-dealkylation sites (N-methyl/N-ethyl adjacent to an activating group) is 1. The fourth-order valence-electron chi connectivity index (χ4n) is 3.92. The molecule has 1 saturated heterocycles. The van der Waals surface area contributed by atoms with Crippen LogP contribution in [0, 0.1) is 18.7 Å². The van der Waals surface area contributed by atoms with Crippen LogP contribution < -0.4 is 0 Å². The van der Waals surface area contributed by atoms with Crippen molar-refractivity contribution in [2.45, 2.75) is 33.1 Å². The number of esters is 1. The molecule has 0 spiro atoms. The summed E-state index contributed by atoms with van der Waals surface area (Å²) in [6.45, 7) is 4.74. The molecule has 8 heteroatoms. The minimum atomic E-state index is -0.361. The van der Waals surface area contributed by atoms with Crippen molar-refractivity contribution in [3.63, 3.8) is 0 Å². The van der Waals surface area contributed by atoms with Crippen molar-refractivity contribution >= 4 is 28.7 Å². The van der Waals surface area contributed by atoms with Gasteiger partial charge in [-0.3, -0.25) is 14.4 Å². The number of nitrogens with one attached hydrogen (secondary N) is 1. The Morgan fingerprint density at radius 3 is 2.83 bits per heavy atom. The molecule has 1 aliphatic rings. The number of nitrogens with zero attached hydrogens (tertiary/aromatic N) is 2. The Kier molecular flexibility index (Phi) is 6.74. The van der Waals surface area contributed by atoms with Gasteiger partial charge < -0.3 is 19.5 Å². The molecule has 1 aromatic heterocycles. The van der Waals surface area contributed by atoms with Crippen molar-refractivity contribution in [3.05, 3.63) is 35.3 Å². The summed E-state index contributed by atoms with van der Waals surface area (Å²) in [6.07, 6.45) is 1.51. The van der Waals surface area contributed by atoms with Gasteiger partial charge in [-0.15, -0.1) is 0 Å².